The molecule has 0 unspecified atom stereocenters. The average molecular weight is 699 g/mol. The van der Waals surface area contributed by atoms with Crippen LogP contribution >= 0.6 is 11.8 Å². The second kappa shape index (κ2) is 11.1. The maximum Gasteiger partial charge on any atom is 3.00 e. The Balaban J connectivity index is 0.00000277. The number of para-hydroxylation sites is 2. The van der Waals surface area contributed by atoms with E-state index >= 15 is 0 Å². The van der Waals surface area contributed by atoms with Crippen molar-refractivity contribution >= 4 is 33.6 Å². The summed E-state index contributed by atoms with van der Waals surface area (Å²) in [5, 5.41) is 3.28. The van der Waals surface area contributed by atoms with Gasteiger partial charge in [-0.25, -0.2) is 5.56 Å². The number of pyridine rings is 1. The predicted molar refractivity (Wildman–Crippen MR) is 157 cm³/mol. The summed E-state index contributed by atoms with van der Waals surface area (Å²) < 4.78 is 0. The van der Waals surface area contributed by atoms with E-state index < -0.39 is 0 Å². The number of hydrogen-bond donors (Lipinski definition) is 0. The smallest absolute Gasteiger partial charge is 0.656 e. The molecule has 39 heavy (non-hydrogen) atoms. The van der Waals surface area contributed by atoms with Gasteiger partial charge in [0.1, 0.15) is 0 Å². The van der Waals surface area contributed by atoms with Crippen LogP contribution in [0.15, 0.2) is 137 Å². The van der Waals surface area contributed by atoms with Crippen molar-refractivity contribution in [2.24, 2.45) is 0 Å². The fraction of sp³-hybridized carbons (Fsp3) is 0. The molecule has 0 atom stereocenters. The molecular formula is C35H21AuN2S. The van der Waals surface area contributed by atoms with E-state index in [-0.39, 0.29) is 22.4 Å². The van der Waals surface area contributed by atoms with Crippen LogP contribution in [-0.2, 0) is 22.4 Å². The van der Waals surface area contributed by atoms with Crippen LogP contribution in [0.2, 0.25) is 0 Å². The zero-order valence-electron chi connectivity index (χ0n) is 20.7. The molecule has 0 bridgehead atoms. The molecule has 0 spiro atoms. The van der Waals surface area contributed by atoms with Crippen molar-refractivity contribution in [3.05, 3.63) is 140 Å². The fourth-order valence-corrected chi connectivity index (χ4v) is 5.72. The summed E-state index contributed by atoms with van der Waals surface area (Å²) >= 11 is 1.65. The van der Waals surface area contributed by atoms with E-state index in [4.69, 9.17) is 9.97 Å². The molecule has 0 aliphatic rings. The molecule has 0 amide bonds. The Morgan fingerprint density at radius 2 is 1.38 bits per heavy atom. The molecule has 0 saturated carbocycles. The molecule has 4 heteroatoms. The largest absolute Gasteiger partial charge is 3.00 e. The number of nitrogens with zero attached hydrogens (tertiary/aromatic N) is 2. The van der Waals surface area contributed by atoms with Crippen molar-refractivity contribution in [2.45, 2.75) is 9.92 Å². The number of aromatic nitrogens is 2. The molecule has 7 rings (SSSR count). The number of rotatable bonds is 5. The Labute approximate surface area is 247 Å². The van der Waals surface area contributed by atoms with E-state index in [0.29, 0.717) is 0 Å². The standard InChI is InChI=1S/C35H21N2S.Au/c1-3-11-24(12-4-1)26-21-27(25-13-5-2-6-14-25)23-28(22-26)31-18-10-20-34(36-31)38-33-19-9-16-30-29-15-7-8-17-32(29)37-35(30)33;/h1-13,15-22H;/q-3;+3. The van der Waals surface area contributed by atoms with Gasteiger partial charge in [0.2, 0.25) is 0 Å². The molecule has 0 aliphatic heterocycles. The third kappa shape index (κ3) is 5.10. The molecule has 2 aromatic heterocycles. The van der Waals surface area contributed by atoms with E-state index in [1.54, 1.807) is 11.8 Å². The Kier molecular flexibility index (Phi) is 7.23. The molecular weight excluding hydrogens is 677 g/mol. The van der Waals surface area contributed by atoms with E-state index in [1.165, 1.54) is 10.8 Å². The van der Waals surface area contributed by atoms with E-state index in [1.807, 2.05) is 30.3 Å². The summed E-state index contributed by atoms with van der Waals surface area (Å²) in [6.45, 7) is 0. The quantitative estimate of drug-likeness (QED) is 0.133. The van der Waals surface area contributed by atoms with Crippen molar-refractivity contribution in [3.63, 3.8) is 0 Å². The van der Waals surface area contributed by atoms with Gasteiger partial charge >= 0.3 is 22.4 Å². The monoisotopic (exact) mass is 698 g/mol. The number of benzene rings is 5. The van der Waals surface area contributed by atoms with Gasteiger partial charge < -0.3 is 4.98 Å². The van der Waals surface area contributed by atoms with Gasteiger partial charge in [-0.1, -0.05) is 96.2 Å². The summed E-state index contributed by atoms with van der Waals surface area (Å²) in [5.41, 5.74) is 8.18. The molecule has 188 valence electrons. The topological polar surface area (TPSA) is 27.0 Å². The molecule has 2 nitrogen and oxygen atoms in total. The molecule has 5 aromatic carbocycles. The first-order valence-electron chi connectivity index (χ1n) is 12.5. The van der Waals surface area contributed by atoms with Crippen LogP contribution in [0.5, 0.6) is 0 Å². The summed E-state index contributed by atoms with van der Waals surface area (Å²) in [6, 6.07) is 50.6. The summed E-state index contributed by atoms with van der Waals surface area (Å²) in [7, 11) is 0. The van der Waals surface area contributed by atoms with Crippen molar-refractivity contribution in [1.82, 2.24) is 9.97 Å². The van der Waals surface area contributed by atoms with Crippen LogP contribution in [0.3, 0.4) is 0 Å². The third-order valence-corrected chi connectivity index (χ3v) is 7.60. The number of hydrogen-bond acceptors (Lipinski definition) is 2. The minimum Gasteiger partial charge on any atom is -0.656 e. The van der Waals surface area contributed by atoms with Crippen LogP contribution in [0, 0.1) is 12.1 Å². The van der Waals surface area contributed by atoms with Gasteiger partial charge in [0.05, 0.1) is 5.03 Å². The average Bonchev–Trinajstić information content (AvgIpc) is 3.38. The Bertz CT molecular complexity index is 1840. The normalized spacial score (nSPS) is 11.0. The van der Waals surface area contributed by atoms with E-state index in [0.717, 1.165) is 54.5 Å². The first-order chi connectivity index (χ1) is 18.8. The Hall–Kier alpha value is -3.86. The van der Waals surface area contributed by atoms with Crippen LogP contribution in [0.1, 0.15) is 0 Å². The van der Waals surface area contributed by atoms with Crippen LogP contribution in [0.25, 0.3) is 55.3 Å². The molecule has 0 radical (unpaired) electrons. The SMILES string of the molecule is [Au+3].[c-]1ccccc1-c1[c-]c(-c2cccc(Sc3cccc4c3[n-]c3ccccc34)n2)cc(-c2ccccc2)c1. The molecule has 7 aromatic rings. The van der Waals surface area contributed by atoms with Crippen molar-refractivity contribution in [1.29, 1.82) is 0 Å². The zero-order valence-corrected chi connectivity index (χ0v) is 23.7. The molecule has 0 saturated heterocycles. The van der Waals surface area contributed by atoms with Gasteiger partial charge in [-0.05, 0) is 33.4 Å². The van der Waals surface area contributed by atoms with Crippen molar-refractivity contribution < 1.29 is 22.4 Å². The van der Waals surface area contributed by atoms with Gasteiger partial charge in [0, 0.05) is 5.69 Å². The fourth-order valence-electron chi connectivity index (χ4n) is 4.80. The van der Waals surface area contributed by atoms with Crippen molar-refractivity contribution in [3.8, 4) is 33.5 Å². The van der Waals surface area contributed by atoms with Crippen molar-refractivity contribution in [2.75, 3.05) is 0 Å². The van der Waals surface area contributed by atoms with Gasteiger partial charge in [0.15, 0.2) is 0 Å². The minimum absolute atomic E-state index is 0. The molecule has 0 aliphatic carbocycles. The zero-order chi connectivity index (χ0) is 25.3. The van der Waals surface area contributed by atoms with Gasteiger partial charge in [0.25, 0.3) is 0 Å². The van der Waals surface area contributed by atoms with Crippen LogP contribution < -0.4 is 4.98 Å². The molecule has 0 N–H and O–H groups in total. The maximum atomic E-state index is 5.06. The summed E-state index contributed by atoms with van der Waals surface area (Å²) in [4.78, 5) is 11.1. The van der Waals surface area contributed by atoms with Gasteiger partial charge in [-0.3, -0.25) is 4.98 Å². The molecule has 0 fully saturated rings. The molecule has 2 heterocycles. The van der Waals surface area contributed by atoms with E-state index in [9.17, 15) is 0 Å². The Morgan fingerprint density at radius 3 is 2.26 bits per heavy atom. The van der Waals surface area contributed by atoms with Gasteiger partial charge in [-0.15, -0.1) is 28.7 Å². The van der Waals surface area contributed by atoms with E-state index in [2.05, 4.69) is 109 Å². The first-order valence-corrected chi connectivity index (χ1v) is 13.3. The number of fused-ring (bicyclic) bond motifs is 3. The predicted octanol–water partition coefficient (Wildman–Crippen LogP) is 9.10. The second-order valence-electron chi connectivity index (χ2n) is 9.08. The van der Waals surface area contributed by atoms with Gasteiger partial charge in [-0.2, -0.15) is 42.0 Å². The second-order valence-corrected chi connectivity index (χ2v) is 10.1. The summed E-state index contributed by atoms with van der Waals surface area (Å²) in [6.07, 6.45) is 0. The minimum atomic E-state index is 0. The van der Waals surface area contributed by atoms with Crippen LogP contribution in [-0.4, -0.2) is 4.98 Å². The Morgan fingerprint density at radius 1 is 0.615 bits per heavy atom. The maximum absolute atomic E-state index is 5.06. The van der Waals surface area contributed by atoms with Crippen LogP contribution in [0.4, 0.5) is 0 Å². The first kappa shape index (κ1) is 25.4. The summed E-state index contributed by atoms with van der Waals surface area (Å²) in [5.74, 6) is 0. The third-order valence-electron chi connectivity index (χ3n) is 6.61.